The molecule has 11 heteroatoms. The third kappa shape index (κ3) is 10.2. The maximum absolute atomic E-state index is 13.0. The quantitative estimate of drug-likeness (QED) is 0.136. The number of benzene rings is 2. The Morgan fingerprint density at radius 1 is 0.953 bits per heavy atom. The third-order valence-corrected chi connectivity index (χ3v) is 12.0. The molecule has 0 aliphatic heterocycles. The Labute approximate surface area is 259 Å². The molecule has 1 atom stereocenters. The van der Waals surface area contributed by atoms with Crippen LogP contribution in [0.15, 0.2) is 65.7 Å². The predicted molar refractivity (Wildman–Crippen MR) is 172 cm³/mol. The van der Waals surface area contributed by atoms with Crippen LogP contribution in [-0.2, 0) is 29.2 Å². The van der Waals surface area contributed by atoms with Crippen LogP contribution in [-0.4, -0.2) is 62.7 Å². The number of pyridine rings is 1. The molecule has 0 fully saturated rings. The van der Waals surface area contributed by atoms with Gasteiger partial charge in [-0.2, -0.15) is 5.26 Å². The molecule has 2 aromatic carbocycles. The summed E-state index contributed by atoms with van der Waals surface area (Å²) in [6.45, 7) is 5.14. The van der Waals surface area contributed by atoms with Crippen LogP contribution >= 0.6 is 11.8 Å². The van der Waals surface area contributed by atoms with E-state index in [-0.39, 0.29) is 17.3 Å². The number of aromatic nitrogens is 1. The van der Waals surface area contributed by atoms with Gasteiger partial charge in [0.1, 0.15) is 23.0 Å². The van der Waals surface area contributed by atoms with Gasteiger partial charge in [-0.15, -0.1) is 0 Å². The highest BCUT2D eigenvalue weighted by molar-refractivity contribution is 8.00. The maximum atomic E-state index is 13.0. The zero-order valence-corrected chi connectivity index (χ0v) is 27.2. The van der Waals surface area contributed by atoms with Crippen molar-refractivity contribution in [3.8, 4) is 28.5 Å². The molecule has 0 N–H and O–H groups in total. The molecule has 8 nitrogen and oxygen atoms in total. The highest BCUT2D eigenvalue weighted by Crippen LogP contribution is 2.34. The number of thioether (sulfide) groups is 1. The third-order valence-electron chi connectivity index (χ3n) is 6.83. The van der Waals surface area contributed by atoms with Crippen LogP contribution in [0, 0.1) is 18.3 Å². The number of ether oxygens (including phenoxy) is 1. The molecule has 0 saturated heterocycles. The first-order chi connectivity index (χ1) is 20.5. The Bertz CT molecular complexity index is 1630. The lowest BCUT2D eigenvalue weighted by Crippen LogP contribution is -2.37. The molecule has 1 unspecified atom stereocenters. The van der Waals surface area contributed by atoms with Crippen LogP contribution < -0.4 is 0 Å². The molecule has 1 aromatic heterocycles. The van der Waals surface area contributed by atoms with Gasteiger partial charge in [-0.3, -0.25) is 4.79 Å². The minimum atomic E-state index is -3.81. The summed E-state index contributed by atoms with van der Waals surface area (Å²) in [7, 11) is -7.46. The second-order valence-corrected chi connectivity index (χ2v) is 16.0. The van der Waals surface area contributed by atoms with Crippen molar-refractivity contribution in [3.05, 3.63) is 71.8 Å². The van der Waals surface area contributed by atoms with Crippen LogP contribution in [0.4, 0.5) is 0 Å². The van der Waals surface area contributed by atoms with Crippen LogP contribution in [0.1, 0.15) is 50.7 Å². The van der Waals surface area contributed by atoms with E-state index >= 15 is 0 Å². The fourth-order valence-electron chi connectivity index (χ4n) is 4.31. The average molecular weight is 643 g/mol. The standard InChI is InChI=1S/C32H38N2O6S3/c1-4-6-17-42(36,37)23-27(43(38,39)18-7-5-2)21-40-31(35)22-41-32-29(20-33)28(25-11-9-8-10-12-25)19-30(34-32)26-15-13-24(3)14-16-26/h8-16,19,27H,4-7,17-18,21-23H2,1-3H3. The normalized spacial score (nSPS) is 12.4. The van der Waals surface area contributed by atoms with Gasteiger partial charge in [0.15, 0.2) is 19.7 Å². The van der Waals surface area contributed by atoms with Gasteiger partial charge >= 0.3 is 5.97 Å². The van der Waals surface area contributed by atoms with Crippen molar-refractivity contribution < 1.29 is 26.4 Å². The van der Waals surface area contributed by atoms with E-state index in [0.717, 1.165) is 28.5 Å². The number of sulfone groups is 2. The zero-order valence-electron chi connectivity index (χ0n) is 24.8. The lowest BCUT2D eigenvalue weighted by Gasteiger charge is -2.18. The van der Waals surface area contributed by atoms with Crippen LogP contribution in [0.3, 0.4) is 0 Å². The number of carbonyl (C=O) groups excluding carboxylic acids is 1. The summed E-state index contributed by atoms with van der Waals surface area (Å²) < 4.78 is 56.5. The molecule has 1 heterocycles. The first kappa shape index (κ1) is 34.3. The molecule has 0 aliphatic rings. The molecule has 0 radical (unpaired) electrons. The van der Waals surface area contributed by atoms with Crippen molar-refractivity contribution in [1.29, 1.82) is 5.26 Å². The second kappa shape index (κ2) is 16.0. The highest BCUT2D eigenvalue weighted by atomic mass is 32.2. The molecule has 3 rings (SSSR count). The van der Waals surface area contributed by atoms with Crippen molar-refractivity contribution >= 4 is 37.4 Å². The van der Waals surface area contributed by atoms with Crippen molar-refractivity contribution in [2.75, 3.05) is 29.6 Å². The van der Waals surface area contributed by atoms with Gasteiger partial charge in [-0.05, 0) is 31.4 Å². The summed E-state index contributed by atoms with van der Waals surface area (Å²) >= 11 is 1.02. The predicted octanol–water partition coefficient (Wildman–Crippen LogP) is 6.03. The number of aryl methyl sites for hydroxylation is 1. The molecular weight excluding hydrogens is 605 g/mol. The molecular formula is C32H38N2O6S3. The van der Waals surface area contributed by atoms with Crippen LogP contribution in [0.25, 0.3) is 22.4 Å². The topological polar surface area (TPSA) is 131 Å². The molecule has 0 spiro atoms. The molecule has 0 aliphatic carbocycles. The van der Waals surface area contributed by atoms with E-state index in [1.807, 2.05) is 81.4 Å². The van der Waals surface area contributed by atoms with Crippen LogP contribution in [0.5, 0.6) is 0 Å². The summed E-state index contributed by atoms with van der Waals surface area (Å²) in [5.41, 5.74) is 4.37. The summed E-state index contributed by atoms with van der Waals surface area (Å²) in [6.07, 6.45) is 2.11. The number of unbranched alkanes of at least 4 members (excludes halogenated alkanes) is 2. The van der Waals surface area contributed by atoms with Gasteiger partial charge in [0.05, 0.1) is 34.3 Å². The minimum absolute atomic E-state index is 0.114. The molecule has 0 saturated carbocycles. The Morgan fingerprint density at radius 3 is 2.23 bits per heavy atom. The van der Waals surface area contributed by atoms with E-state index in [1.54, 1.807) is 0 Å². The smallest absolute Gasteiger partial charge is 0.316 e. The Balaban J connectivity index is 1.84. The number of hydrogen-bond donors (Lipinski definition) is 0. The van der Waals surface area contributed by atoms with Crippen molar-refractivity contribution in [3.63, 3.8) is 0 Å². The fourth-order valence-corrected chi connectivity index (χ4v) is 9.41. The number of hydrogen-bond acceptors (Lipinski definition) is 9. The first-order valence-corrected chi connectivity index (χ1v) is 18.8. The van der Waals surface area contributed by atoms with Gasteiger partial charge in [0.2, 0.25) is 0 Å². The maximum Gasteiger partial charge on any atom is 0.316 e. The summed E-state index contributed by atoms with van der Waals surface area (Å²) in [5, 5.41) is 9.09. The molecule has 0 bridgehead atoms. The minimum Gasteiger partial charge on any atom is -0.464 e. The van der Waals surface area contributed by atoms with E-state index < -0.39 is 43.3 Å². The van der Waals surface area contributed by atoms with Crippen molar-refractivity contribution in [2.45, 2.75) is 56.7 Å². The van der Waals surface area contributed by atoms with Crippen molar-refractivity contribution in [2.24, 2.45) is 0 Å². The van der Waals surface area contributed by atoms with Crippen molar-refractivity contribution in [1.82, 2.24) is 4.98 Å². The summed E-state index contributed by atoms with van der Waals surface area (Å²) in [6, 6.07) is 21.3. The van der Waals surface area contributed by atoms with Crippen LogP contribution in [0.2, 0.25) is 0 Å². The van der Waals surface area contributed by atoms with E-state index in [4.69, 9.17) is 9.72 Å². The Kier molecular flexibility index (Phi) is 12.8. The number of nitriles is 1. The zero-order chi connectivity index (χ0) is 31.5. The number of rotatable bonds is 16. The monoisotopic (exact) mass is 642 g/mol. The summed E-state index contributed by atoms with van der Waals surface area (Å²) in [4.78, 5) is 17.6. The fraction of sp³-hybridized carbons (Fsp3) is 0.406. The van der Waals surface area contributed by atoms with E-state index in [0.29, 0.717) is 47.5 Å². The molecule has 3 aromatic rings. The Hall–Kier alpha value is -3.20. The second-order valence-electron chi connectivity index (χ2n) is 10.4. The largest absolute Gasteiger partial charge is 0.464 e. The molecule has 230 valence electrons. The number of esters is 1. The van der Waals surface area contributed by atoms with Gasteiger partial charge < -0.3 is 4.74 Å². The summed E-state index contributed by atoms with van der Waals surface area (Å²) in [5.74, 6) is -1.83. The average Bonchev–Trinajstić information content (AvgIpc) is 3.00. The van der Waals surface area contributed by atoms with Gasteiger partial charge in [0.25, 0.3) is 0 Å². The van der Waals surface area contributed by atoms with Gasteiger partial charge in [-0.25, -0.2) is 21.8 Å². The Morgan fingerprint density at radius 2 is 1.60 bits per heavy atom. The highest BCUT2D eigenvalue weighted by Gasteiger charge is 2.31. The molecule has 43 heavy (non-hydrogen) atoms. The molecule has 0 amide bonds. The number of carbonyl (C=O) groups is 1. The van der Waals surface area contributed by atoms with Gasteiger partial charge in [-0.1, -0.05) is 98.6 Å². The van der Waals surface area contributed by atoms with E-state index in [1.165, 1.54) is 0 Å². The lowest BCUT2D eigenvalue weighted by atomic mass is 9.99. The SMILES string of the molecule is CCCCS(=O)(=O)CC(COC(=O)CSc1nc(-c2ccc(C)cc2)cc(-c2ccccc2)c1C#N)S(=O)(=O)CCCC. The van der Waals surface area contributed by atoms with E-state index in [9.17, 15) is 26.9 Å². The first-order valence-electron chi connectivity index (χ1n) is 14.3. The number of nitrogens with zero attached hydrogens (tertiary/aromatic N) is 2. The lowest BCUT2D eigenvalue weighted by molar-refractivity contribution is -0.140. The van der Waals surface area contributed by atoms with Gasteiger partial charge in [0, 0.05) is 11.1 Å². The van der Waals surface area contributed by atoms with E-state index in [2.05, 4.69) is 6.07 Å².